The van der Waals surface area contributed by atoms with Gasteiger partial charge >= 0.3 is 0 Å². The summed E-state index contributed by atoms with van der Waals surface area (Å²) in [5.41, 5.74) is 1.71. The van der Waals surface area contributed by atoms with Gasteiger partial charge in [-0.05, 0) is 61.9 Å². The number of aromatic nitrogens is 1. The number of rotatable bonds is 10. The first kappa shape index (κ1) is 22.9. The van der Waals surface area contributed by atoms with Gasteiger partial charge < -0.3 is 19.3 Å². The van der Waals surface area contributed by atoms with Crippen LogP contribution in [0.15, 0.2) is 36.5 Å². The molecule has 0 N–H and O–H groups in total. The number of hydrogen-bond acceptors (Lipinski definition) is 5. The van der Waals surface area contributed by atoms with Gasteiger partial charge in [0.25, 0.3) is 5.91 Å². The molecule has 1 aromatic heterocycles. The van der Waals surface area contributed by atoms with Crippen molar-refractivity contribution in [1.29, 1.82) is 0 Å². The molecule has 2 heterocycles. The van der Waals surface area contributed by atoms with Gasteiger partial charge in [-0.3, -0.25) is 4.79 Å². The van der Waals surface area contributed by atoms with E-state index in [-0.39, 0.29) is 5.91 Å². The molecule has 168 valence electrons. The van der Waals surface area contributed by atoms with Crippen LogP contribution in [0.4, 0.5) is 5.82 Å². The highest BCUT2D eigenvalue weighted by molar-refractivity contribution is 5.99. The quantitative estimate of drug-likeness (QED) is 0.541. The average Bonchev–Trinajstić information content (AvgIpc) is 2.83. The van der Waals surface area contributed by atoms with Crippen molar-refractivity contribution >= 4 is 11.7 Å². The standard InChI is InChI=1S/C25H35N3O3/c1-4-14-28(19-20-11-12-22(31-17-5-2)23(18-20)30-3)25(29)21-10-9-13-26-24(21)27-15-7-6-8-16-27/h9-13,18H,4-8,14-17,19H2,1-3H3. The molecule has 0 atom stereocenters. The molecule has 1 saturated heterocycles. The number of amides is 1. The fourth-order valence-electron chi connectivity index (χ4n) is 3.98. The zero-order chi connectivity index (χ0) is 22.1. The highest BCUT2D eigenvalue weighted by Crippen LogP contribution is 2.29. The van der Waals surface area contributed by atoms with Crippen LogP contribution in [0.25, 0.3) is 0 Å². The Labute approximate surface area is 186 Å². The third-order valence-corrected chi connectivity index (χ3v) is 5.52. The maximum Gasteiger partial charge on any atom is 0.257 e. The first-order valence-electron chi connectivity index (χ1n) is 11.5. The summed E-state index contributed by atoms with van der Waals surface area (Å²) in [6, 6.07) is 9.67. The number of hydrogen-bond donors (Lipinski definition) is 0. The lowest BCUT2D eigenvalue weighted by Crippen LogP contribution is -2.35. The van der Waals surface area contributed by atoms with Crippen LogP contribution < -0.4 is 14.4 Å². The van der Waals surface area contributed by atoms with E-state index in [4.69, 9.17) is 9.47 Å². The number of ether oxygens (including phenoxy) is 2. The van der Waals surface area contributed by atoms with Crippen LogP contribution in [-0.4, -0.2) is 49.1 Å². The van der Waals surface area contributed by atoms with Gasteiger partial charge in [0.15, 0.2) is 11.5 Å². The fraction of sp³-hybridized carbons (Fsp3) is 0.520. The van der Waals surface area contributed by atoms with Crippen LogP contribution in [0.5, 0.6) is 11.5 Å². The molecule has 0 radical (unpaired) electrons. The zero-order valence-corrected chi connectivity index (χ0v) is 19.1. The molecule has 0 aliphatic carbocycles. The van der Waals surface area contributed by atoms with Gasteiger partial charge in [0.2, 0.25) is 0 Å². The highest BCUT2D eigenvalue weighted by atomic mass is 16.5. The monoisotopic (exact) mass is 425 g/mol. The summed E-state index contributed by atoms with van der Waals surface area (Å²) in [6.45, 7) is 7.94. The molecule has 31 heavy (non-hydrogen) atoms. The predicted molar refractivity (Wildman–Crippen MR) is 124 cm³/mol. The van der Waals surface area contributed by atoms with Gasteiger partial charge in [-0.1, -0.05) is 19.9 Å². The molecule has 6 heteroatoms. The van der Waals surface area contributed by atoms with E-state index in [1.54, 1.807) is 13.3 Å². The molecule has 0 unspecified atom stereocenters. The molecule has 0 spiro atoms. The van der Waals surface area contributed by atoms with Crippen molar-refractivity contribution < 1.29 is 14.3 Å². The Morgan fingerprint density at radius 3 is 2.61 bits per heavy atom. The second kappa shape index (κ2) is 11.6. The summed E-state index contributed by atoms with van der Waals surface area (Å²) in [4.78, 5) is 22.3. The smallest absolute Gasteiger partial charge is 0.257 e. The van der Waals surface area contributed by atoms with E-state index >= 15 is 0 Å². The summed E-state index contributed by atoms with van der Waals surface area (Å²) < 4.78 is 11.3. The molecular formula is C25H35N3O3. The number of pyridine rings is 1. The minimum Gasteiger partial charge on any atom is -0.493 e. The Hall–Kier alpha value is -2.76. The van der Waals surface area contributed by atoms with Crippen molar-refractivity contribution in [3.05, 3.63) is 47.7 Å². The SMILES string of the molecule is CCCOc1ccc(CN(CCC)C(=O)c2cccnc2N2CCCCC2)cc1OC. The lowest BCUT2D eigenvalue weighted by molar-refractivity contribution is 0.0743. The van der Waals surface area contributed by atoms with Gasteiger partial charge in [0.1, 0.15) is 5.82 Å². The van der Waals surface area contributed by atoms with Crippen LogP contribution in [-0.2, 0) is 6.54 Å². The van der Waals surface area contributed by atoms with Crippen molar-refractivity contribution in [3.8, 4) is 11.5 Å². The minimum atomic E-state index is 0.0285. The Kier molecular flexibility index (Phi) is 8.56. The normalized spacial score (nSPS) is 13.7. The number of carbonyl (C=O) groups is 1. The van der Waals surface area contributed by atoms with Crippen LogP contribution in [0.1, 0.15) is 61.9 Å². The van der Waals surface area contributed by atoms with Crippen molar-refractivity contribution in [3.63, 3.8) is 0 Å². The number of piperidine rings is 1. The fourth-order valence-corrected chi connectivity index (χ4v) is 3.98. The van der Waals surface area contributed by atoms with Gasteiger partial charge in [-0.2, -0.15) is 0 Å². The van der Waals surface area contributed by atoms with Crippen LogP contribution in [0.2, 0.25) is 0 Å². The first-order chi connectivity index (χ1) is 15.2. The van der Waals surface area contributed by atoms with E-state index in [2.05, 4.69) is 23.7 Å². The van der Waals surface area contributed by atoms with E-state index in [9.17, 15) is 4.79 Å². The predicted octanol–water partition coefficient (Wildman–Crippen LogP) is 4.92. The third kappa shape index (κ3) is 5.90. The van der Waals surface area contributed by atoms with Crippen molar-refractivity contribution in [1.82, 2.24) is 9.88 Å². The van der Waals surface area contributed by atoms with E-state index in [1.165, 1.54) is 6.42 Å². The molecule has 1 aliphatic rings. The zero-order valence-electron chi connectivity index (χ0n) is 19.1. The lowest BCUT2D eigenvalue weighted by Gasteiger charge is -2.30. The Morgan fingerprint density at radius 2 is 1.90 bits per heavy atom. The number of methoxy groups -OCH3 is 1. The van der Waals surface area contributed by atoms with Gasteiger partial charge in [-0.15, -0.1) is 0 Å². The number of nitrogens with zero attached hydrogens (tertiary/aromatic N) is 3. The van der Waals surface area contributed by atoms with E-state index < -0.39 is 0 Å². The van der Waals surface area contributed by atoms with Gasteiger partial charge in [0, 0.05) is 32.4 Å². The second-order valence-corrected chi connectivity index (χ2v) is 7.98. The Balaban J connectivity index is 1.82. The summed E-state index contributed by atoms with van der Waals surface area (Å²) >= 11 is 0. The van der Waals surface area contributed by atoms with Crippen LogP contribution in [0, 0.1) is 0 Å². The summed E-state index contributed by atoms with van der Waals surface area (Å²) in [5.74, 6) is 2.28. The average molecular weight is 426 g/mol. The molecule has 1 amide bonds. The number of anilines is 1. The van der Waals surface area contributed by atoms with Crippen molar-refractivity contribution in [2.75, 3.05) is 38.3 Å². The Morgan fingerprint density at radius 1 is 1.10 bits per heavy atom. The van der Waals surface area contributed by atoms with E-state index in [0.29, 0.717) is 31.0 Å². The topological polar surface area (TPSA) is 54.9 Å². The number of carbonyl (C=O) groups excluding carboxylic acids is 1. The number of benzene rings is 1. The molecule has 0 bridgehead atoms. The molecule has 1 aliphatic heterocycles. The van der Waals surface area contributed by atoms with Gasteiger partial charge in [0.05, 0.1) is 19.3 Å². The maximum atomic E-state index is 13.6. The van der Waals surface area contributed by atoms with Gasteiger partial charge in [-0.25, -0.2) is 4.98 Å². The second-order valence-electron chi connectivity index (χ2n) is 7.98. The third-order valence-electron chi connectivity index (χ3n) is 5.52. The van der Waals surface area contributed by atoms with Crippen LogP contribution in [0.3, 0.4) is 0 Å². The van der Waals surface area contributed by atoms with Crippen LogP contribution >= 0.6 is 0 Å². The minimum absolute atomic E-state index is 0.0285. The molecule has 1 aromatic carbocycles. The summed E-state index contributed by atoms with van der Waals surface area (Å²) in [5, 5.41) is 0. The first-order valence-corrected chi connectivity index (χ1v) is 11.5. The lowest BCUT2D eigenvalue weighted by atomic mass is 10.1. The van der Waals surface area contributed by atoms with E-state index in [0.717, 1.165) is 55.9 Å². The summed E-state index contributed by atoms with van der Waals surface area (Å²) in [6.07, 6.45) is 7.15. The van der Waals surface area contributed by atoms with Crippen molar-refractivity contribution in [2.24, 2.45) is 0 Å². The van der Waals surface area contributed by atoms with Crippen molar-refractivity contribution in [2.45, 2.75) is 52.5 Å². The van der Waals surface area contributed by atoms with E-state index in [1.807, 2.05) is 35.2 Å². The molecule has 3 rings (SSSR count). The molecule has 1 fully saturated rings. The summed E-state index contributed by atoms with van der Waals surface area (Å²) in [7, 11) is 1.65. The largest absolute Gasteiger partial charge is 0.493 e. The molecule has 0 saturated carbocycles. The molecular weight excluding hydrogens is 390 g/mol. The Bertz CT molecular complexity index is 850. The molecule has 2 aromatic rings. The maximum absolute atomic E-state index is 13.6. The molecule has 6 nitrogen and oxygen atoms in total. The highest BCUT2D eigenvalue weighted by Gasteiger charge is 2.23.